The first-order valence-corrected chi connectivity index (χ1v) is 4.99. The summed E-state index contributed by atoms with van der Waals surface area (Å²) in [5.74, 6) is 2.09. The van der Waals surface area contributed by atoms with E-state index in [0.717, 1.165) is 12.3 Å². The molecule has 0 saturated carbocycles. The Morgan fingerprint density at radius 2 is 2.36 bits per heavy atom. The lowest BCUT2D eigenvalue weighted by molar-refractivity contribution is -0.128. The van der Waals surface area contributed by atoms with E-state index in [1.165, 1.54) is 0 Å². The summed E-state index contributed by atoms with van der Waals surface area (Å²) in [4.78, 5) is 11.3. The van der Waals surface area contributed by atoms with E-state index >= 15 is 0 Å². The predicted octanol–water partition coefficient (Wildman–Crippen LogP) is 1.77. The fourth-order valence-electron chi connectivity index (χ4n) is 1.06. The van der Waals surface area contributed by atoms with Crippen molar-refractivity contribution in [3.05, 3.63) is 0 Å². The van der Waals surface area contributed by atoms with Crippen LogP contribution in [-0.4, -0.2) is 22.5 Å². The Morgan fingerprint density at radius 3 is 2.73 bits per heavy atom. The lowest BCUT2D eigenvalue weighted by atomic mass is 10.2. The molecule has 0 spiro atoms. The molecule has 1 unspecified atom stereocenters. The highest BCUT2D eigenvalue weighted by molar-refractivity contribution is 7.98. The Hall–Kier alpha value is -0.180. The molecule has 0 aromatic rings. The molecule has 0 bridgehead atoms. The van der Waals surface area contributed by atoms with Gasteiger partial charge in [-0.25, -0.2) is 0 Å². The normalized spacial score (nSPS) is 25.3. The van der Waals surface area contributed by atoms with Gasteiger partial charge in [-0.2, -0.15) is 0 Å². The van der Waals surface area contributed by atoms with Crippen LogP contribution >= 0.6 is 11.9 Å². The summed E-state index contributed by atoms with van der Waals surface area (Å²) in [5.41, 5.74) is 0. The number of carbonyl (C=O) groups excluding carboxylic acids is 1. The Kier molecular flexibility index (Phi) is 2.82. The number of rotatable bonds is 2. The quantitative estimate of drug-likeness (QED) is 0.593. The summed E-state index contributed by atoms with van der Waals surface area (Å²) in [7, 11) is 0. The Morgan fingerprint density at radius 1 is 1.73 bits per heavy atom. The predicted molar refractivity (Wildman–Crippen MR) is 48.2 cm³/mol. The van der Waals surface area contributed by atoms with Crippen LogP contribution in [-0.2, 0) is 4.79 Å². The van der Waals surface area contributed by atoms with E-state index in [2.05, 4.69) is 13.8 Å². The molecule has 1 saturated heterocycles. The van der Waals surface area contributed by atoms with Gasteiger partial charge in [0.15, 0.2) is 0 Å². The zero-order valence-corrected chi connectivity index (χ0v) is 8.15. The van der Waals surface area contributed by atoms with Crippen LogP contribution in [0.25, 0.3) is 0 Å². The van der Waals surface area contributed by atoms with Gasteiger partial charge in [-0.05, 0) is 17.9 Å². The van der Waals surface area contributed by atoms with E-state index in [4.69, 9.17) is 0 Å². The lowest BCUT2D eigenvalue weighted by Gasteiger charge is -2.16. The number of hydrogen-bond donors (Lipinski definition) is 0. The SMILES string of the molecule is CC(C)CN1SCC(C)C1=O. The molecule has 0 aromatic heterocycles. The summed E-state index contributed by atoms with van der Waals surface area (Å²) >= 11 is 1.67. The van der Waals surface area contributed by atoms with Gasteiger partial charge in [0.2, 0.25) is 5.91 Å². The van der Waals surface area contributed by atoms with E-state index in [0.29, 0.717) is 11.8 Å². The Balaban J connectivity index is 2.42. The number of carbonyl (C=O) groups is 1. The second-order valence-corrected chi connectivity index (χ2v) is 4.52. The molecule has 0 aromatic carbocycles. The molecule has 1 heterocycles. The van der Waals surface area contributed by atoms with Crippen LogP contribution in [0.3, 0.4) is 0 Å². The van der Waals surface area contributed by atoms with Gasteiger partial charge >= 0.3 is 0 Å². The van der Waals surface area contributed by atoms with Crippen molar-refractivity contribution >= 4 is 17.9 Å². The van der Waals surface area contributed by atoms with Gasteiger partial charge in [-0.15, -0.1) is 0 Å². The first kappa shape index (κ1) is 8.91. The number of amides is 1. The molecule has 11 heavy (non-hydrogen) atoms. The van der Waals surface area contributed by atoms with Crippen LogP contribution in [0.5, 0.6) is 0 Å². The molecule has 1 fully saturated rings. The van der Waals surface area contributed by atoms with Crippen molar-refractivity contribution in [3.63, 3.8) is 0 Å². The van der Waals surface area contributed by atoms with Crippen LogP contribution in [0.2, 0.25) is 0 Å². The maximum Gasteiger partial charge on any atom is 0.236 e. The Labute approximate surface area is 72.5 Å². The molecule has 1 atom stereocenters. The zero-order chi connectivity index (χ0) is 8.43. The average molecular weight is 173 g/mol. The van der Waals surface area contributed by atoms with Crippen LogP contribution in [0, 0.1) is 11.8 Å². The molecule has 2 nitrogen and oxygen atoms in total. The third-order valence-corrected chi connectivity index (χ3v) is 2.97. The fraction of sp³-hybridized carbons (Fsp3) is 0.875. The van der Waals surface area contributed by atoms with Crippen molar-refractivity contribution in [2.24, 2.45) is 11.8 Å². The summed E-state index contributed by atoms with van der Waals surface area (Å²) in [6.45, 7) is 7.16. The highest BCUT2D eigenvalue weighted by Gasteiger charge is 2.28. The maximum absolute atomic E-state index is 11.3. The summed E-state index contributed by atoms with van der Waals surface area (Å²) < 4.78 is 1.90. The summed E-state index contributed by atoms with van der Waals surface area (Å²) in [6.07, 6.45) is 0. The number of hydrogen-bond acceptors (Lipinski definition) is 2. The van der Waals surface area contributed by atoms with E-state index in [1.807, 2.05) is 11.2 Å². The molecule has 1 aliphatic heterocycles. The van der Waals surface area contributed by atoms with E-state index in [9.17, 15) is 4.79 Å². The minimum absolute atomic E-state index is 0.235. The van der Waals surface area contributed by atoms with Gasteiger partial charge in [0.1, 0.15) is 0 Å². The van der Waals surface area contributed by atoms with Gasteiger partial charge in [-0.1, -0.05) is 20.8 Å². The topological polar surface area (TPSA) is 20.3 Å². The molecule has 1 amide bonds. The van der Waals surface area contributed by atoms with Crippen LogP contribution in [0.1, 0.15) is 20.8 Å². The first-order chi connectivity index (χ1) is 5.11. The van der Waals surface area contributed by atoms with Gasteiger partial charge in [0.05, 0.1) is 0 Å². The third-order valence-electron chi connectivity index (χ3n) is 1.68. The summed E-state index contributed by atoms with van der Waals surface area (Å²) in [6, 6.07) is 0. The van der Waals surface area contributed by atoms with Gasteiger partial charge in [0, 0.05) is 18.2 Å². The van der Waals surface area contributed by atoms with Gasteiger partial charge < -0.3 is 0 Å². The highest BCUT2D eigenvalue weighted by atomic mass is 32.2. The van der Waals surface area contributed by atoms with E-state index in [1.54, 1.807) is 11.9 Å². The summed E-state index contributed by atoms with van der Waals surface area (Å²) in [5, 5.41) is 0. The van der Waals surface area contributed by atoms with Crippen LogP contribution in [0.15, 0.2) is 0 Å². The van der Waals surface area contributed by atoms with Gasteiger partial charge in [0.25, 0.3) is 0 Å². The lowest BCUT2D eigenvalue weighted by Crippen LogP contribution is -2.25. The second kappa shape index (κ2) is 3.48. The molecule has 0 aliphatic carbocycles. The van der Waals surface area contributed by atoms with Crippen molar-refractivity contribution in [3.8, 4) is 0 Å². The first-order valence-electron chi connectivity index (χ1n) is 4.05. The molecule has 0 N–H and O–H groups in total. The number of nitrogens with zero attached hydrogens (tertiary/aromatic N) is 1. The largest absolute Gasteiger partial charge is 0.286 e. The standard InChI is InChI=1S/C8H15NOS/c1-6(2)4-9-8(10)7(3)5-11-9/h6-7H,4-5H2,1-3H3. The minimum Gasteiger partial charge on any atom is -0.286 e. The average Bonchev–Trinajstić information content (AvgIpc) is 2.18. The molecular weight excluding hydrogens is 158 g/mol. The fourth-order valence-corrected chi connectivity index (χ4v) is 2.31. The zero-order valence-electron chi connectivity index (χ0n) is 7.33. The highest BCUT2D eigenvalue weighted by Crippen LogP contribution is 2.26. The van der Waals surface area contributed by atoms with Crippen molar-refractivity contribution in [1.82, 2.24) is 4.31 Å². The van der Waals surface area contributed by atoms with Crippen molar-refractivity contribution < 1.29 is 4.79 Å². The molecule has 0 radical (unpaired) electrons. The minimum atomic E-state index is 0.235. The van der Waals surface area contributed by atoms with E-state index < -0.39 is 0 Å². The van der Waals surface area contributed by atoms with E-state index in [-0.39, 0.29) is 5.92 Å². The smallest absolute Gasteiger partial charge is 0.236 e. The maximum atomic E-state index is 11.3. The monoisotopic (exact) mass is 173 g/mol. The molecule has 1 aliphatic rings. The van der Waals surface area contributed by atoms with Crippen molar-refractivity contribution in [2.75, 3.05) is 12.3 Å². The van der Waals surface area contributed by atoms with Crippen molar-refractivity contribution in [1.29, 1.82) is 0 Å². The van der Waals surface area contributed by atoms with Crippen molar-refractivity contribution in [2.45, 2.75) is 20.8 Å². The third kappa shape index (κ3) is 2.12. The Bertz CT molecular complexity index is 158. The van der Waals surface area contributed by atoms with Gasteiger partial charge in [-0.3, -0.25) is 9.10 Å². The second-order valence-electron chi connectivity index (χ2n) is 3.49. The molecule has 1 rings (SSSR count). The van der Waals surface area contributed by atoms with Crippen LogP contribution < -0.4 is 0 Å². The van der Waals surface area contributed by atoms with Crippen LogP contribution in [0.4, 0.5) is 0 Å². The molecular formula is C8H15NOS. The molecule has 64 valence electrons. The molecule has 3 heteroatoms.